The molecule has 2 N–H and O–H groups in total. The van der Waals surface area contributed by atoms with E-state index in [1.54, 1.807) is 24.3 Å². The van der Waals surface area contributed by atoms with Gasteiger partial charge in [0.2, 0.25) is 0 Å². The molecule has 0 heterocycles. The summed E-state index contributed by atoms with van der Waals surface area (Å²) in [4.78, 5) is 0.415. The van der Waals surface area contributed by atoms with Gasteiger partial charge in [-0.1, -0.05) is 30.3 Å². The van der Waals surface area contributed by atoms with Crippen LogP contribution < -0.4 is 0 Å². The van der Waals surface area contributed by atoms with Gasteiger partial charge in [-0.25, -0.2) is 8.42 Å². The Morgan fingerprint density at radius 3 is 2.06 bits per heavy atom. The van der Waals surface area contributed by atoms with Crippen LogP contribution in [-0.4, -0.2) is 17.5 Å². The molecule has 0 saturated heterocycles. The third-order valence-corrected chi connectivity index (χ3v) is 3.82. The Bertz CT molecular complexity index is 611. The van der Waals surface area contributed by atoms with Crippen molar-refractivity contribution in [3.63, 3.8) is 0 Å². The molecule has 18 heavy (non-hydrogen) atoms. The SMILES string of the molecule is O=S(O)c1ccc(S(=O)O)c(-c2ccccc2)c1. The lowest BCUT2D eigenvalue weighted by Gasteiger charge is -2.08. The summed E-state index contributed by atoms with van der Waals surface area (Å²) in [5.41, 5.74) is 1.21. The second-order valence-corrected chi connectivity index (χ2v) is 5.43. The average molecular weight is 282 g/mol. The lowest BCUT2D eigenvalue weighted by molar-refractivity contribution is 0.561. The van der Waals surface area contributed by atoms with Crippen molar-refractivity contribution in [3.05, 3.63) is 48.5 Å². The molecule has 2 rings (SSSR count). The summed E-state index contributed by atoms with van der Waals surface area (Å²) in [7, 11) is 0. The van der Waals surface area contributed by atoms with Crippen molar-refractivity contribution in [3.8, 4) is 11.1 Å². The van der Waals surface area contributed by atoms with Crippen molar-refractivity contribution in [2.45, 2.75) is 9.79 Å². The zero-order valence-electron chi connectivity index (χ0n) is 9.15. The van der Waals surface area contributed by atoms with Crippen LogP contribution in [0.1, 0.15) is 0 Å². The standard InChI is InChI=1S/C12H10O4S2/c13-17(14)10-6-7-12(18(15)16)11(8-10)9-4-2-1-3-5-9/h1-8H,(H,13,14)(H,15,16). The van der Waals surface area contributed by atoms with E-state index in [0.29, 0.717) is 5.56 Å². The van der Waals surface area contributed by atoms with Crippen LogP contribution >= 0.6 is 0 Å². The Hall–Kier alpha value is -1.34. The van der Waals surface area contributed by atoms with Gasteiger partial charge in [-0.3, -0.25) is 0 Å². The highest BCUT2D eigenvalue weighted by atomic mass is 32.2. The van der Waals surface area contributed by atoms with Crippen LogP contribution in [0.5, 0.6) is 0 Å². The van der Waals surface area contributed by atoms with Crippen molar-refractivity contribution in [1.29, 1.82) is 0 Å². The normalized spacial score (nSPS) is 14.1. The first kappa shape index (κ1) is 13.1. The van der Waals surface area contributed by atoms with E-state index in [2.05, 4.69) is 0 Å². The molecule has 2 atom stereocenters. The summed E-state index contributed by atoms with van der Waals surface area (Å²) in [5, 5.41) is 0. The Morgan fingerprint density at radius 1 is 0.833 bits per heavy atom. The van der Waals surface area contributed by atoms with Gasteiger partial charge in [0.15, 0.2) is 22.2 Å². The van der Waals surface area contributed by atoms with Crippen molar-refractivity contribution in [2.75, 3.05) is 0 Å². The molecule has 0 aromatic heterocycles. The molecule has 0 spiro atoms. The second kappa shape index (κ2) is 5.53. The fourth-order valence-electron chi connectivity index (χ4n) is 1.61. The van der Waals surface area contributed by atoms with Crippen LogP contribution in [0.3, 0.4) is 0 Å². The van der Waals surface area contributed by atoms with Crippen LogP contribution in [-0.2, 0) is 22.2 Å². The van der Waals surface area contributed by atoms with Gasteiger partial charge < -0.3 is 9.11 Å². The highest BCUT2D eigenvalue weighted by Crippen LogP contribution is 2.27. The molecule has 0 aliphatic carbocycles. The van der Waals surface area contributed by atoms with Crippen molar-refractivity contribution < 1.29 is 17.5 Å². The van der Waals surface area contributed by atoms with Crippen LogP contribution in [0.2, 0.25) is 0 Å². The van der Waals surface area contributed by atoms with Gasteiger partial charge >= 0.3 is 0 Å². The molecule has 94 valence electrons. The Kier molecular flexibility index (Phi) is 4.03. The average Bonchev–Trinajstić information content (AvgIpc) is 2.39. The third kappa shape index (κ3) is 2.73. The molecule has 2 aromatic carbocycles. The lowest BCUT2D eigenvalue weighted by atomic mass is 10.1. The number of hydrogen-bond donors (Lipinski definition) is 2. The number of benzene rings is 2. The molecule has 2 unspecified atom stereocenters. The van der Waals surface area contributed by atoms with Gasteiger partial charge in [0, 0.05) is 5.56 Å². The molecule has 0 fully saturated rings. The molecule has 0 saturated carbocycles. The minimum Gasteiger partial charge on any atom is -0.302 e. The number of hydrogen-bond acceptors (Lipinski definition) is 2. The summed E-state index contributed by atoms with van der Waals surface area (Å²) in [5.74, 6) is 0. The van der Waals surface area contributed by atoms with E-state index in [-0.39, 0.29) is 9.79 Å². The molecule has 0 amide bonds. The largest absolute Gasteiger partial charge is 0.302 e. The minimum absolute atomic E-state index is 0.197. The van der Waals surface area contributed by atoms with E-state index in [0.717, 1.165) is 5.56 Å². The molecule has 0 radical (unpaired) electrons. The zero-order chi connectivity index (χ0) is 13.1. The van der Waals surface area contributed by atoms with Gasteiger partial charge in [0.25, 0.3) is 0 Å². The van der Waals surface area contributed by atoms with Crippen molar-refractivity contribution in [1.82, 2.24) is 0 Å². The summed E-state index contributed by atoms with van der Waals surface area (Å²) in [6, 6.07) is 13.2. The van der Waals surface area contributed by atoms with Crippen LogP contribution in [0.25, 0.3) is 11.1 Å². The molecular weight excluding hydrogens is 272 g/mol. The zero-order valence-corrected chi connectivity index (χ0v) is 10.8. The van der Waals surface area contributed by atoms with E-state index < -0.39 is 22.2 Å². The fourth-order valence-corrected chi connectivity index (χ4v) is 2.57. The van der Waals surface area contributed by atoms with Crippen LogP contribution in [0.15, 0.2) is 58.3 Å². The molecule has 6 heteroatoms. The molecule has 4 nitrogen and oxygen atoms in total. The topological polar surface area (TPSA) is 74.6 Å². The van der Waals surface area contributed by atoms with Crippen molar-refractivity contribution >= 4 is 22.2 Å². The predicted octanol–water partition coefficient (Wildman–Crippen LogP) is 2.51. The fraction of sp³-hybridized carbons (Fsp3) is 0. The molecule has 0 aliphatic heterocycles. The monoisotopic (exact) mass is 282 g/mol. The van der Waals surface area contributed by atoms with E-state index >= 15 is 0 Å². The first-order chi connectivity index (χ1) is 8.59. The van der Waals surface area contributed by atoms with Gasteiger partial charge in [-0.05, 0) is 23.8 Å². The first-order valence-electron chi connectivity index (χ1n) is 5.01. The van der Waals surface area contributed by atoms with Gasteiger partial charge in [-0.2, -0.15) is 0 Å². The Balaban J connectivity index is 2.65. The maximum absolute atomic E-state index is 11.2. The molecule has 0 bridgehead atoms. The van der Waals surface area contributed by atoms with E-state index in [1.165, 1.54) is 18.2 Å². The maximum Gasteiger partial charge on any atom is 0.187 e. The highest BCUT2D eigenvalue weighted by molar-refractivity contribution is 7.79. The summed E-state index contributed by atoms with van der Waals surface area (Å²) < 4.78 is 40.6. The van der Waals surface area contributed by atoms with Crippen LogP contribution in [0, 0.1) is 0 Å². The Labute approximate surface area is 109 Å². The van der Waals surface area contributed by atoms with E-state index in [9.17, 15) is 13.0 Å². The summed E-state index contributed by atoms with van der Waals surface area (Å²) >= 11 is -4.26. The highest BCUT2D eigenvalue weighted by Gasteiger charge is 2.12. The van der Waals surface area contributed by atoms with E-state index in [4.69, 9.17) is 4.55 Å². The first-order valence-corrected chi connectivity index (χ1v) is 7.22. The molecular formula is C12H10O4S2. The number of rotatable bonds is 3. The van der Waals surface area contributed by atoms with Gasteiger partial charge in [0.1, 0.15) is 0 Å². The predicted molar refractivity (Wildman–Crippen MR) is 70.0 cm³/mol. The molecule has 0 aliphatic rings. The quantitative estimate of drug-likeness (QED) is 0.848. The van der Waals surface area contributed by atoms with Crippen LogP contribution in [0.4, 0.5) is 0 Å². The summed E-state index contributed by atoms with van der Waals surface area (Å²) in [6.45, 7) is 0. The van der Waals surface area contributed by atoms with Crippen molar-refractivity contribution in [2.24, 2.45) is 0 Å². The molecule has 2 aromatic rings. The van der Waals surface area contributed by atoms with E-state index in [1.807, 2.05) is 6.07 Å². The Morgan fingerprint density at radius 2 is 1.50 bits per heavy atom. The minimum atomic E-state index is -2.14. The third-order valence-electron chi connectivity index (χ3n) is 2.43. The second-order valence-electron chi connectivity index (χ2n) is 3.52. The lowest BCUT2D eigenvalue weighted by Crippen LogP contribution is -1.96. The maximum atomic E-state index is 11.2. The van der Waals surface area contributed by atoms with Gasteiger partial charge in [0.05, 0.1) is 9.79 Å². The summed E-state index contributed by atoms with van der Waals surface area (Å²) in [6.07, 6.45) is 0. The smallest absolute Gasteiger partial charge is 0.187 e. The van der Waals surface area contributed by atoms with Gasteiger partial charge in [-0.15, -0.1) is 0 Å².